The second-order valence-corrected chi connectivity index (χ2v) is 7.98. The molecular formula is C20H19N3OS2. The summed E-state index contributed by atoms with van der Waals surface area (Å²) in [6.07, 6.45) is 0.497. The summed E-state index contributed by atoms with van der Waals surface area (Å²) < 4.78 is 0. The van der Waals surface area contributed by atoms with Crippen molar-refractivity contribution in [1.29, 1.82) is 0 Å². The van der Waals surface area contributed by atoms with Crippen LogP contribution in [-0.4, -0.2) is 34.8 Å². The number of carbonyl (C=O) groups is 1. The van der Waals surface area contributed by atoms with E-state index in [-0.39, 0.29) is 5.91 Å². The summed E-state index contributed by atoms with van der Waals surface area (Å²) in [5.41, 5.74) is 3.19. The zero-order valence-corrected chi connectivity index (χ0v) is 15.9. The van der Waals surface area contributed by atoms with Crippen molar-refractivity contribution >= 4 is 46.0 Å². The van der Waals surface area contributed by atoms with E-state index in [1.807, 2.05) is 30.3 Å². The van der Waals surface area contributed by atoms with Crippen molar-refractivity contribution in [3.8, 4) is 0 Å². The molecule has 1 amide bonds. The van der Waals surface area contributed by atoms with E-state index in [2.05, 4.69) is 44.9 Å². The maximum Gasteiger partial charge on any atom is 0.225 e. The highest BCUT2D eigenvalue weighted by molar-refractivity contribution is 8.16. The van der Waals surface area contributed by atoms with Gasteiger partial charge in [-0.1, -0.05) is 42.1 Å². The number of aliphatic imine (C=N–C) groups is 1. The molecule has 2 heterocycles. The van der Waals surface area contributed by atoms with Gasteiger partial charge in [0, 0.05) is 34.7 Å². The number of amidine groups is 1. The summed E-state index contributed by atoms with van der Waals surface area (Å²) in [5.74, 6) is 0.820. The summed E-state index contributed by atoms with van der Waals surface area (Å²) >= 11 is 3.38. The first-order valence-corrected chi connectivity index (χ1v) is 10.4. The second-order valence-electron chi connectivity index (χ2n) is 5.97. The molecular weight excluding hydrogens is 362 g/mol. The van der Waals surface area contributed by atoms with Crippen molar-refractivity contribution in [2.45, 2.75) is 11.3 Å². The average molecular weight is 382 g/mol. The highest BCUT2D eigenvalue weighted by Crippen LogP contribution is 2.35. The first-order valence-electron chi connectivity index (χ1n) is 8.56. The summed E-state index contributed by atoms with van der Waals surface area (Å²) in [7, 11) is 0. The molecule has 0 unspecified atom stereocenters. The van der Waals surface area contributed by atoms with Crippen LogP contribution in [0.2, 0.25) is 0 Å². The van der Waals surface area contributed by atoms with E-state index in [0.29, 0.717) is 6.42 Å². The normalized spacial score (nSPS) is 15.5. The fraction of sp³-hybridized carbons (Fsp3) is 0.200. The zero-order valence-electron chi connectivity index (χ0n) is 14.2. The molecule has 0 aromatic heterocycles. The first kappa shape index (κ1) is 17.2. The Labute approximate surface area is 161 Å². The van der Waals surface area contributed by atoms with Crippen LogP contribution in [0.4, 0.5) is 5.69 Å². The number of carbonyl (C=O) groups excluding carboxylic acids is 1. The lowest BCUT2D eigenvalue weighted by Gasteiger charge is -2.16. The lowest BCUT2D eigenvalue weighted by atomic mass is 10.1. The average Bonchev–Trinajstić information content (AvgIpc) is 3.27. The Hall–Kier alpha value is -2.18. The third kappa shape index (κ3) is 3.97. The number of fused-ring (bicyclic) bond motifs is 1. The monoisotopic (exact) mass is 381 g/mol. The van der Waals surface area contributed by atoms with Crippen LogP contribution >= 0.6 is 23.5 Å². The van der Waals surface area contributed by atoms with Crippen molar-refractivity contribution in [3.63, 3.8) is 0 Å². The quantitative estimate of drug-likeness (QED) is 0.747. The molecule has 2 aliphatic rings. The predicted molar refractivity (Wildman–Crippen MR) is 111 cm³/mol. The smallest absolute Gasteiger partial charge is 0.225 e. The third-order valence-electron chi connectivity index (χ3n) is 4.17. The minimum Gasteiger partial charge on any atom is -0.326 e. The van der Waals surface area contributed by atoms with E-state index in [9.17, 15) is 4.79 Å². The molecule has 4 rings (SSSR count). The van der Waals surface area contributed by atoms with Crippen LogP contribution in [0.3, 0.4) is 0 Å². The van der Waals surface area contributed by atoms with Crippen molar-refractivity contribution in [3.05, 3.63) is 65.6 Å². The van der Waals surface area contributed by atoms with Crippen LogP contribution in [0.15, 0.2) is 69.9 Å². The van der Waals surface area contributed by atoms with Crippen molar-refractivity contribution in [1.82, 2.24) is 4.90 Å². The van der Waals surface area contributed by atoms with Gasteiger partial charge >= 0.3 is 0 Å². The van der Waals surface area contributed by atoms with E-state index in [4.69, 9.17) is 0 Å². The molecule has 0 aliphatic carbocycles. The molecule has 0 fully saturated rings. The van der Waals surface area contributed by atoms with Crippen LogP contribution in [-0.2, 0) is 4.79 Å². The Bertz CT molecular complexity index is 847. The molecule has 0 saturated heterocycles. The minimum absolute atomic E-state index is 0.0470. The molecule has 132 valence electrons. The molecule has 0 atom stereocenters. The maximum absolute atomic E-state index is 12.1. The van der Waals surface area contributed by atoms with E-state index >= 15 is 0 Å². The van der Waals surface area contributed by atoms with Crippen LogP contribution in [0.1, 0.15) is 12.0 Å². The predicted octanol–water partition coefficient (Wildman–Crippen LogP) is 4.52. The van der Waals surface area contributed by atoms with Gasteiger partial charge in [-0.2, -0.15) is 0 Å². The Kier molecular flexibility index (Phi) is 5.32. The van der Waals surface area contributed by atoms with E-state index in [0.717, 1.165) is 35.3 Å². The summed E-state index contributed by atoms with van der Waals surface area (Å²) in [6.45, 7) is 1.82. The Morgan fingerprint density at radius 2 is 1.96 bits per heavy atom. The van der Waals surface area contributed by atoms with Gasteiger partial charge in [-0.05, 0) is 29.8 Å². The van der Waals surface area contributed by atoms with Gasteiger partial charge in [0.05, 0.1) is 12.2 Å². The van der Waals surface area contributed by atoms with Crippen LogP contribution in [0.25, 0.3) is 5.70 Å². The van der Waals surface area contributed by atoms with E-state index < -0.39 is 0 Å². The van der Waals surface area contributed by atoms with Crippen LogP contribution < -0.4 is 5.32 Å². The van der Waals surface area contributed by atoms with Crippen molar-refractivity contribution in [2.75, 3.05) is 24.2 Å². The number of hydrogen-bond acceptors (Lipinski definition) is 5. The first-order chi connectivity index (χ1) is 12.8. The van der Waals surface area contributed by atoms with Gasteiger partial charge < -0.3 is 10.2 Å². The molecule has 0 bridgehead atoms. The number of rotatable bonds is 6. The topological polar surface area (TPSA) is 44.7 Å². The number of nitrogens with zero attached hydrogens (tertiary/aromatic N) is 2. The molecule has 0 radical (unpaired) electrons. The standard InChI is InChI=1S/C20H19N3OS2/c24-19(10-13-25-17-4-2-1-3-5-17)22-16-8-6-15(7-9-16)18-14-26-20-21-11-12-23(18)20/h1-9,14H,10-13H2,(H,22,24). The molecule has 4 nitrogen and oxygen atoms in total. The summed E-state index contributed by atoms with van der Waals surface area (Å²) in [4.78, 5) is 20.0. The lowest BCUT2D eigenvalue weighted by molar-refractivity contribution is -0.115. The van der Waals surface area contributed by atoms with Crippen molar-refractivity contribution < 1.29 is 4.79 Å². The van der Waals surface area contributed by atoms with Crippen LogP contribution in [0.5, 0.6) is 0 Å². The van der Waals surface area contributed by atoms with Gasteiger partial charge in [0.2, 0.25) is 5.91 Å². The third-order valence-corrected chi connectivity index (χ3v) is 6.09. The molecule has 2 aliphatic heterocycles. The fourth-order valence-corrected chi connectivity index (χ4v) is 4.71. The van der Waals surface area contributed by atoms with Gasteiger partial charge in [0.1, 0.15) is 0 Å². The number of thioether (sulfide) groups is 2. The highest BCUT2D eigenvalue weighted by atomic mass is 32.2. The molecule has 26 heavy (non-hydrogen) atoms. The van der Waals surface area contributed by atoms with Gasteiger partial charge in [0.25, 0.3) is 0 Å². The van der Waals surface area contributed by atoms with E-state index in [1.165, 1.54) is 10.6 Å². The second kappa shape index (κ2) is 8.01. The summed E-state index contributed by atoms with van der Waals surface area (Å²) in [6, 6.07) is 18.2. The number of anilines is 1. The number of hydrogen-bond donors (Lipinski definition) is 1. The van der Waals surface area contributed by atoms with Crippen LogP contribution in [0, 0.1) is 0 Å². The maximum atomic E-state index is 12.1. The van der Waals surface area contributed by atoms with Gasteiger partial charge in [0.15, 0.2) is 5.17 Å². The van der Waals surface area contributed by atoms with E-state index in [1.54, 1.807) is 23.5 Å². The Balaban J connectivity index is 1.29. The summed E-state index contributed by atoms with van der Waals surface area (Å²) in [5, 5.41) is 6.21. The highest BCUT2D eigenvalue weighted by Gasteiger charge is 2.26. The lowest BCUT2D eigenvalue weighted by Crippen LogP contribution is -2.19. The molecule has 0 spiro atoms. The molecule has 2 aromatic carbocycles. The zero-order chi connectivity index (χ0) is 17.8. The minimum atomic E-state index is 0.0470. The number of amides is 1. The number of nitrogens with one attached hydrogen (secondary N) is 1. The molecule has 0 saturated carbocycles. The molecule has 6 heteroatoms. The number of benzene rings is 2. The fourth-order valence-electron chi connectivity index (χ4n) is 2.87. The molecule has 1 N–H and O–H groups in total. The largest absolute Gasteiger partial charge is 0.326 e. The van der Waals surface area contributed by atoms with Gasteiger partial charge in [-0.25, -0.2) is 0 Å². The van der Waals surface area contributed by atoms with Crippen molar-refractivity contribution in [2.24, 2.45) is 4.99 Å². The molecule has 2 aromatic rings. The SMILES string of the molecule is O=C(CCSc1ccccc1)Nc1ccc(C2=CSC3=NCCN23)cc1. The van der Waals surface area contributed by atoms with Gasteiger partial charge in [-0.3, -0.25) is 9.79 Å². The Morgan fingerprint density at radius 1 is 1.15 bits per heavy atom. The Morgan fingerprint density at radius 3 is 2.77 bits per heavy atom. The van der Waals surface area contributed by atoms with Gasteiger partial charge in [-0.15, -0.1) is 11.8 Å².